The maximum Gasteiger partial charge on any atom is 0.331 e. The number of ether oxygens (including phenoxy) is 1. The first-order chi connectivity index (χ1) is 14.0. The molecule has 10 heteroatoms. The number of nitrogens with one attached hydrogen (secondary N) is 1. The van der Waals surface area contributed by atoms with Crippen LogP contribution in [0.1, 0.15) is 11.1 Å². The molecular weight excluding hydrogens is 479 g/mol. The maximum absolute atomic E-state index is 13.6. The molecule has 0 fully saturated rings. The molecule has 0 bridgehead atoms. The fourth-order valence-corrected chi connectivity index (χ4v) is 3.86. The second-order valence-electron chi connectivity index (χ2n) is 6.42. The minimum absolute atomic E-state index is 0.0567. The number of hydrogen-bond donors (Lipinski definition) is 1. The second kappa shape index (κ2) is 9.96. The number of hydrogen-bond acceptors (Lipinski definition) is 5. The number of nitrogens with zero attached hydrogens (tertiary/aromatic N) is 1. The standard InChI is InChI=1S/C20H20BrFN2O5S/c1-13-4-7-16(11-18(13)30(27,28)24(2)3)23-19(25)12-29-20(26)9-5-14-10-15(21)6-8-17(14)22/h4-11H,12H2,1-3H3,(H,23,25)/b9-5+. The summed E-state index contributed by atoms with van der Waals surface area (Å²) < 4.78 is 44.9. The summed E-state index contributed by atoms with van der Waals surface area (Å²) in [6, 6.07) is 8.69. The van der Waals surface area contributed by atoms with Gasteiger partial charge in [0.25, 0.3) is 5.91 Å². The van der Waals surface area contributed by atoms with Gasteiger partial charge in [0, 0.05) is 35.9 Å². The Labute approximate surface area is 182 Å². The molecule has 0 aromatic heterocycles. The van der Waals surface area contributed by atoms with Gasteiger partial charge in [-0.05, 0) is 48.9 Å². The normalized spacial score (nSPS) is 11.7. The van der Waals surface area contributed by atoms with E-state index >= 15 is 0 Å². The minimum atomic E-state index is -3.68. The van der Waals surface area contributed by atoms with Gasteiger partial charge >= 0.3 is 5.97 Å². The Kier molecular flexibility index (Phi) is 7.88. The van der Waals surface area contributed by atoms with Crippen molar-refractivity contribution < 1.29 is 27.1 Å². The Hall–Kier alpha value is -2.56. The van der Waals surface area contributed by atoms with Crippen molar-refractivity contribution in [1.29, 1.82) is 0 Å². The molecule has 2 aromatic rings. The van der Waals surface area contributed by atoms with Crippen molar-refractivity contribution in [3.8, 4) is 0 Å². The minimum Gasteiger partial charge on any atom is -0.452 e. The van der Waals surface area contributed by atoms with Crippen molar-refractivity contribution >= 4 is 49.6 Å². The Morgan fingerprint density at radius 1 is 1.20 bits per heavy atom. The summed E-state index contributed by atoms with van der Waals surface area (Å²) in [7, 11) is -0.859. The summed E-state index contributed by atoms with van der Waals surface area (Å²) in [6.07, 6.45) is 2.24. The molecule has 1 amide bonds. The van der Waals surface area contributed by atoms with Crippen LogP contribution in [-0.2, 0) is 24.3 Å². The molecule has 0 saturated heterocycles. The van der Waals surface area contributed by atoms with Gasteiger partial charge in [0.1, 0.15) is 5.82 Å². The summed E-state index contributed by atoms with van der Waals surface area (Å²) in [5, 5.41) is 2.48. The molecule has 160 valence electrons. The Balaban J connectivity index is 1.99. The highest BCUT2D eigenvalue weighted by molar-refractivity contribution is 9.10. The quantitative estimate of drug-likeness (QED) is 0.466. The van der Waals surface area contributed by atoms with E-state index in [1.54, 1.807) is 19.1 Å². The van der Waals surface area contributed by atoms with Crippen LogP contribution < -0.4 is 5.32 Å². The molecular formula is C20H20BrFN2O5S. The number of esters is 1. The van der Waals surface area contributed by atoms with E-state index in [0.717, 1.165) is 10.4 Å². The Morgan fingerprint density at radius 3 is 2.57 bits per heavy atom. The number of sulfonamides is 1. The van der Waals surface area contributed by atoms with Gasteiger partial charge < -0.3 is 10.1 Å². The van der Waals surface area contributed by atoms with Gasteiger partial charge in [0.15, 0.2) is 6.61 Å². The van der Waals surface area contributed by atoms with Gasteiger partial charge in [-0.15, -0.1) is 0 Å². The lowest BCUT2D eigenvalue weighted by atomic mass is 10.2. The molecule has 0 spiro atoms. The first-order valence-electron chi connectivity index (χ1n) is 8.63. The number of amides is 1. The summed E-state index contributed by atoms with van der Waals surface area (Å²) in [4.78, 5) is 23.9. The molecule has 1 N–H and O–H groups in total. The number of benzene rings is 2. The van der Waals surface area contributed by atoms with Crippen LogP contribution in [0.4, 0.5) is 10.1 Å². The van der Waals surface area contributed by atoms with Crippen LogP contribution in [0, 0.1) is 12.7 Å². The summed E-state index contributed by atoms with van der Waals surface area (Å²) >= 11 is 3.20. The topological polar surface area (TPSA) is 92.8 Å². The molecule has 30 heavy (non-hydrogen) atoms. The lowest BCUT2D eigenvalue weighted by molar-refractivity contribution is -0.142. The van der Waals surface area contributed by atoms with Gasteiger partial charge in [0.2, 0.25) is 10.0 Å². The number of anilines is 1. The molecule has 7 nitrogen and oxygen atoms in total. The largest absolute Gasteiger partial charge is 0.452 e. The number of halogens is 2. The van der Waals surface area contributed by atoms with Crippen LogP contribution in [0.5, 0.6) is 0 Å². The number of rotatable bonds is 7. The molecule has 0 aliphatic heterocycles. The first kappa shape index (κ1) is 23.7. The van der Waals surface area contributed by atoms with E-state index < -0.39 is 34.3 Å². The molecule has 0 aliphatic rings. The summed E-state index contributed by atoms with van der Waals surface area (Å²) in [5.41, 5.74) is 0.951. The first-order valence-corrected chi connectivity index (χ1v) is 10.9. The van der Waals surface area contributed by atoms with Crippen molar-refractivity contribution in [3.05, 3.63) is 63.9 Å². The van der Waals surface area contributed by atoms with Gasteiger partial charge in [-0.3, -0.25) is 4.79 Å². The molecule has 0 heterocycles. The van der Waals surface area contributed by atoms with Crippen molar-refractivity contribution in [2.24, 2.45) is 0 Å². The lowest BCUT2D eigenvalue weighted by Gasteiger charge is -2.15. The Morgan fingerprint density at radius 2 is 1.90 bits per heavy atom. The predicted octanol–water partition coefficient (Wildman–Crippen LogP) is 3.34. The van der Waals surface area contributed by atoms with Crippen molar-refractivity contribution in [3.63, 3.8) is 0 Å². The third kappa shape index (κ3) is 6.22. The zero-order valence-electron chi connectivity index (χ0n) is 16.5. The van der Waals surface area contributed by atoms with E-state index in [4.69, 9.17) is 4.74 Å². The van der Waals surface area contributed by atoms with Gasteiger partial charge in [-0.1, -0.05) is 22.0 Å². The summed E-state index contributed by atoms with van der Waals surface area (Å²) in [5.74, 6) is -1.99. The fraction of sp³-hybridized carbons (Fsp3) is 0.200. The highest BCUT2D eigenvalue weighted by Crippen LogP contribution is 2.22. The number of carbonyl (C=O) groups is 2. The third-order valence-electron chi connectivity index (χ3n) is 3.93. The average molecular weight is 499 g/mol. The van der Waals surface area contributed by atoms with Crippen LogP contribution in [-0.4, -0.2) is 45.3 Å². The average Bonchev–Trinajstić information content (AvgIpc) is 2.68. The van der Waals surface area contributed by atoms with E-state index in [0.29, 0.717) is 10.0 Å². The fourth-order valence-electron chi connectivity index (χ4n) is 2.33. The molecule has 0 radical (unpaired) electrons. The highest BCUT2D eigenvalue weighted by Gasteiger charge is 2.20. The second-order valence-corrected chi connectivity index (χ2v) is 9.46. The maximum atomic E-state index is 13.6. The predicted molar refractivity (Wildman–Crippen MR) is 115 cm³/mol. The van der Waals surface area contributed by atoms with Crippen molar-refractivity contribution in [1.82, 2.24) is 4.31 Å². The molecule has 2 rings (SSSR count). The van der Waals surface area contributed by atoms with Gasteiger partial charge in [0.05, 0.1) is 4.90 Å². The zero-order valence-corrected chi connectivity index (χ0v) is 18.9. The van der Waals surface area contributed by atoms with Crippen LogP contribution in [0.15, 0.2) is 51.8 Å². The van der Waals surface area contributed by atoms with E-state index in [2.05, 4.69) is 21.2 Å². The molecule has 0 aliphatic carbocycles. The molecule has 2 aromatic carbocycles. The highest BCUT2D eigenvalue weighted by atomic mass is 79.9. The van der Waals surface area contributed by atoms with Gasteiger partial charge in [-0.25, -0.2) is 21.9 Å². The van der Waals surface area contributed by atoms with Gasteiger partial charge in [-0.2, -0.15) is 0 Å². The van der Waals surface area contributed by atoms with E-state index in [-0.39, 0.29) is 16.1 Å². The summed E-state index contributed by atoms with van der Waals surface area (Å²) in [6.45, 7) is 1.05. The Bertz CT molecular complexity index is 1100. The molecule has 0 saturated carbocycles. The van der Waals surface area contributed by atoms with Crippen LogP contribution in [0.25, 0.3) is 6.08 Å². The van der Waals surface area contributed by atoms with Crippen LogP contribution in [0.3, 0.4) is 0 Å². The van der Waals surface area contributed by atoms with E-state index in [9.17, 15) is 22.4 Å². The smallest absolute Gasteiger partial charge is 0.331 e. The van der Waals surface area contributed by atoms with E-state index in [1.165, 1.54) is 44.4 Å². The lowest BCUT2D eigenvalue weighted by Crippen LogP contribution is -2.24. The monoisotopic (exact) mass is 498 g/mol. The number of aryl methyl sites for hydroxylation is 1. The zero-order chi connectivity index (χ0) is 22.5. The molecule has 0 unspecified atom stereocenters. The number of carbonyl (C=O) groups excluding carboxylic acids is 2. The van der Waals surface area contributed by atoms with Crippen LogP contribution >= 0.6 is 15.9 Å². The SMILES string of the molecule is Cc1ccc(NC(=O)COC(=O)/C=C/c2cc(Br)ccc2F)cc1S(=O)(=O)N(C)C. The third-order valence-corrected chi connectivity index (χ3v) is 6.38. The van der Waals surface area contributed by atoms with Crippen molar-refractivity contribution in [2.75, 3.05) is 26.0 Å². The van der Waals surface area contributed by atoms with Crippen LogP contribution in [0.2, 0.25) is 0 Å². The van der Waals surface area contributed by atoms with E-state index in [1.807, 2.05) is 0 Å². The molecule has 0 atom stereocenters. The van der Waals surface area contributed by atoms with Crippen molar-refractivity contribution in [2.45, 2.75) is 11.8 Å².